The van der Waals surface area contributed by atoms with Crippen LogP contribution in [0.4, 0.5) is 0 Å². The first-order chi connectivity index (χ1) is 9.22. The van der Waals surface area contributed by atoms with Gasteiger partial charge in [-0.25, -0.2) is 4.98 Å². The summed E-state index contributed by atoms with van der Waals surface area (Å²) in [7, 11) is 1.55. The van der Waals surface area contributed by atoms with E-state index in [1.165, 1.54) is 6.33 Å². The van der Waals surface area contributed by atoms with Gasteiger partial charge in [-0.1, -0.05) is 23.7 Å². The lowest BCUT2D eigenvalue weighted by atomic mass is 10.3. The molecule has 0 unspecified atom stereocenters. The third-order valence-electron chi connectivity index (χ3n) is 2.73. The lowest BCUT2D eigenvalue weighted by molar-refractivity contribution is 0.401. The molecule has 3 rings (SSSR count). The first kappa shape index (κ1) is 12.1. The van der Waals surface area contributed by atoms with E-state index in [9.17, 15) is 0 Å². The van der Waals surface area contributed by atoms with Crippen molar-refractivity contribution in [3.8, 4) is 11.6 Å². The highest BCUT2D eigenvalue weighted by molar-refractivity contribution is 7.71. The molecule has 0 atom stereocenters. The number of hydrogen-bond acceptors (Lipinski definition) is 4. The molecule has 0 radical (unpaired) electrons. The molecular weight excluding hydrogens is 284 g/mol. The molecule has 0 fully saturated rings. The Balaban J connectivity index is 2.40. The molecule has 0 bridgehead atoms. The third-order valence-corrected chi connectivity index (χ3v) is 3.33. The van der Waals surface area contributed by atoms with Crippen molar-refractivity contribution in [2.45, 2.75) is 0 Å². The Morgan fingerprint density at radius 2 is 2.11 bits per heavy atom. The van der Waals surface area contributed by atoms with Gasteiger partial charge in [0.15, 0.2) is 10.4 Å². The Kier molecular flexibility index (Phi) is 2.96. The standard InChI is InChI=1S/C12H9ClN4OS/c1-18-11-9-10(14-6-15-11)17(12(19)16-9)8-5-3-2-4-7(8)13/h2-6H,1H3,(H,16,19). The number of hydrogen-bond donors (Lipinski definition) is 1. The van der Waals surface area contributed by atoms with Crippen molar-refractivity contribution < 1.29 is 4.74 Å². The van der Waals surface area contributed by atoms with Crippen molar-refractivity contribution in [3.05, 3.63) is 40.4 Å². The van der Waals surface area contributed by atoms with Crippen LogP contribution in [0.5, 0.6) is 5.88 Å². The second-order valence-corrected chi connectivity index (χ2v) is 4.59. The highest BCUT2D eigenvalue weighted by atomic mass is 35.5. The molecule has 2 heterocycles. The Morgan fingerprint density at radius 3 is 2.84 bits per heavy atom. The van der Waals surface area contributed by atoms with Crippen molar-refractivity contribution in [1.82, 2.24) is 19.5 Å². The summed E-state index contributed by atoms with van der Waals surface area (Å²) in [4.78, 5) is 11.3. The smallest absolute Gasteiger partial charge is 0.242 e. The lowest BCUT2D eigenvalue weighted by Crippen LogP contribution is -1.97. The Labute approximate surface area is 118 Å². The maximum Gasteiger partial charge on any atom is 0.242 e. The summed E-state index contributed by atoms with van der Waals surface area (Å²) in [6.07, 6.45) is 1.43. The summed E-state index contributed by atoms with van der Waals surface area (Å²) in [5.41, 5.74) is 2.04. The summed E-state index contributed by atoms with van der Waals surface area (Å²) >= 11 is 11.5. The van der Waals surface area contributed by atoms with Gasteiger partial charge in [0.25, 0.3) is 0 Å². The maximum atomic E-state index is 6.21. The van der Waals surface area contributed by atoms with Crippen LogP contribution < -0.4 is 4.74 Å². The fraction of sp³-hybridized carbons (Fsp3) is 0.0833. The normalized spacial score (nSPS) is 10.8. The summed E-state index contributed by atoms with van der Waals surface area (Å²) in [5.74, 6) is 0.446. The summed E-state index contributed by atoms with van der Waals surface area (Å²) in [5, 5.41) is 0.595. The van der Waals surface area contributed by atoms with E-state index < -0.39 is 0 Å². The molecule has 5 nitrogen and oxygen atoms in total. The molecule has 0 spiro atoms. The largest absolute Gasteiger partial charge is 0.479 e. The molecular formula is C12H9ClN4OS. The van der Waals surface area contributed by atoms with E-state index >= 15 is 0 Å². The number of para-hydroxylation sites is 1. The molecule has 1 aromatic carbocycles. The van der Waals surface area contributed by atoms with Crippen LogP contribution in [0.15, 0.2) is 30.6 Å². The Bertz CT molecular complexity index is 811. The van der Waals surface area contributed by atoms with Gasteiger partial charge in [0.1, 0.15) is 11.8 Å². The third kappa shape index (κ3) is 1.89. The summed E-state index contributed by atoms with van der Waals surface area (Å²) < 4.78 is 7.44. The summed E-state index contributed by atoms with van der Waals surface area (Å²) in [6, 6.07) is 7.43. The molecule has 19 heavy (non-hydrogen) atoms. The first-order valence-electron chi connectivity index (χ1n) is 5.47. The van der Waals surface area contributed by atoms with Gasteiger partial charge in [-0.3, -0.25) is 4.57 Å². The molecule has 0 aliphatic heterocycles. The van der Waals surface area contributed by atoms with Crippen molar-refractivity contribution in [2.24, 2.45) is 0 Å². The second-order valence-electron chi connectivity index (χ2n) is 3.80. The number of H-pyrrole nitrogens is 1. The number of halogens is 1. The van der Waals surface area contributed by atoms with Crippen LogP contribution in [-0.2, 0) is 0 Å². The van der Waals surface area contributed by atoms with Gasteiger partial charge in [0.05, 0.1) is 17.8 Å². The van der Waals surface area contributed by atoms with Gasteiger partial charge < -0.3 is 9.72 Å². The maximum absolute atomic E-state index is 6.21. The minimum Gasteiger partial charge on any atom is -0.479 e. The van der Waals surface area contributed by atoms with E-state index in [1.807, 2.05) is 18.2 Å². The van der Waals surface area contributed by atoms with Gasteiger partial charge in [-0.2, -0.15) is 4.98 Å². The lowest BCUT2D eigenvalue weighted by Gasteiger charge is -2.06. The quantitative estimate of drug-likeness (QED) is 0.737. The van der Waals surface area contributed by atoms with Crippen LogP contribution in [0.2, 0.25) is 5.02 Å². The van der Waals surface area contributed by atoms with E-state index in [-0.39, 0.29) is 0 Å². The van der Waals surface area contributed by atoms with Crippen LogP contribution in [0.25, 0.3) is 16.9 Å². The zero-order valence-electron chi connectivity index (χ0n) is 9.92. The minimum atomic E-state index is 0.446. The zero-order valence-corrected chi connectivity index (χ0v) is 11.5. The first-order valence-corrected chi connectivity index (χ1v) is 6.25. The second kappa shape index (κ2) is 4.64. The predicted molar refractivity (Wildman–Crippen MR) is 75.6 cm³/mol. The molecule has 2 aromatic heterocycles. The van der Waals surface area contributed by atoms with Crippen molar-refractivity contribution in [1.29, 1.82) is 0 Å². The number of methoxy groups -OCH3 is 1. The van der Waals surface area contributed by atoms with Crippen LogP contribution >= 0.6 is 23.8 Å². The van der Waals surface area contributed by atoms with Gasteiger partial charge in [-0.15, -0.1) is 0 Å². The topological polar surface area (TPSA) is 55.7 Å². The number of fused-ring (bicyclic) bond motifs is 1. The van der Waals surface area contributed by atoms with Crippen LogP contribution in [0, 0.1) is 4.77 Å². The number of aromatic nitrogens is 4. The van der Waals surface area contributed by atoms with Crippen molar-refractivity contribution >= 4 is 35.0 Å². The van der Waals surface area contributed by atoms with E-state index in [1.54, 1.807) is 17.7 Å². The van der Waals surface area contributed by atoms with Crippen molar-refractivity contribution in [3.63, 3.8) is 0 Å². The van der Waals surface area contributed by atoms with E-state index in [0.29, 0.717) is 26.8 Å². The number of aromatic amines is 1. The highest BCUT2D eigenvalue weighted by Crippen LogP contribution is 2.26. The van der Waals surface area contributed by atoms with E-state index in [4.69, 9.17) is 28.6 Å². The van der Waals surface area contributed by atoms with Crippen LogP contribution in [0.3, 0.4) is 0 Å². The fourth-order valence-electron chi connectivity index (χ4n) is 1.91. The van der Waals surface area contributed by atoms with Crippen molar-refractivity contribution in [2.75, 3.05) is 7.11 Å². The zero-order chi connectivity index (χ0) is 13.4. The number of nitrogens with zero attached hydrogens (tertiary/aromatic N) is 3. The van der Waals surface area contributed by atoms with E-state index in [0.717, 1.165) is 5.69 Å². The number of nitrogens with one attached hydrogen (secondary N) is 1. The fourth-order valence-corrected chi connectivity index (χ4v) is 2.42. The molecule has 0 amide bonds. The highest BCUT2D eigenvalue weighted by Gasteiger charge is 2.14. The number of benzene rings is 1. The van der Waals surface area contributed by atoms with Crippen LogP contribution in [0.1, 0.15) is 0 Å². The molecule has 3 aromatic rings. The Hall–Kier alpha value is -1.92. The minimum absolute atomic E-state index is 0.446. The average molecular weight is 293 g/mol. The predicted octanol–water partition coefficient (Wildman–Crippen LogP) is 3.14. The Morgan fingerprint density at radius 1 is 1.32 bits per heavy atom. The molecule has 7 heteroatoms. The molecule has 96 valence electrons. The molecule has 0 aliphatic carbocycles. The number of imidazole rings is 1. The van der Waals surface area contributed by atoms with Gasteiger partial charge >= 0.3 is 0 Å². The summed E-state index contributed by atoms with van der Waals surface area (Å²) in [6.45, 7) is 0. The van der Waals surface area contributed by atoms with Gasteiger partial charge in [-0.05, 0) is 24.4 Å². The van der Waals surface area contributed by atoms with Gasteiger partial charge in [0, 0.05) is 0 Å². The van der Waals surface area contributed by atoms with E-state index in [2.05, 4.69) is 15.0 Å². The SMILES string of the molecule is COc1ncnc2c1[nH]c(=S)n2-c1ccccc1Cl. The van der Waals surface area contributed by atoms with Gasteiger partial charge in [0.2, 0.25) is 5.88 Å². The molecule has 1 N–H and O–H groups in total. The monoisotopic (exact) mass is 292 g/mol. The molecule has 0 aliphatic rings. The molecule has 0 saturated heterocycles. The van der Waals surface area contributed by atoms with Crippen LogP contribution in [-0.4, -0.2) is 26.6 Å². The number of rotatable bonds is 2. The average Bonchev–Trinajstić information content (AvgIpc) is 2.75. The molecule has 0 saturated carbocycles. The number of ether oxygens (including phenoxy) is 1.